The SMILES string of the molecule is Nc1nc(CN2CCN(C=O)CC2)nc(N2CCCCC2)n1. The zero-order valence-corrected chi connectivity index (χ0v) is 12.8. The minimum atomic E-state index is 0.289. The number of piperidine rings is 1. The van der Waals surface area contributed by atoms with Crippen molar-refractivity contribution in [1.82, 2.24) is 24.8 Å². The molecule has 0 aliphatic carbocycles. The highest BCUT2D eigenvalue weighted by Crippen LogP contribution is 2.17. The average Bonchev–Trinajstić information content (AvgIpc) is 2.56. The second kappa shape index (κ2) is 6.87. The largest absolute Gasteiger partial charge is 0.368 e. The number of hydrogen-bond donors (Lipinski definition) is 1. The Morgan fingerprint density at radius 2 is 1.68 bits per heavy atom. The van der Waals surface area contributed by atoms with Crippen LogP contribution in [0.5, 0.6) is 0 Å². The lowest BCUT2D eigenvalue weighted by molar-refractivity contribution is -0.119. The predicted octanol–water partition coefficient (Wildman–Crippen LogP) is -0.282. The first kappa shape index (κ1) is 15.0. The summed E-state index contributed by atoms with van der Waals surface area (Å²) in [5.74, 6) is 1.71. The number of hydrogen-bond acceptors (Lipinski definition) is 7. The van der Waals surface area contributed by atoms with E-state index < -0.39 is 0 Å². The molecule has 3 heterocycles. The Morgan fingerprint density at radius 3 is 2.36 bits per heavy atom. The molecule has 0 unspecified atom stereocenters. The van der Waals surface area contributed by atoms with Crippen molar-refractivity contribution in [2.75, 3.05) is 49.9 Å². The third kappa shape index (κ3) is 3.62. The summed E-state index contributed by atoms with van der Waals surface area (Å²) in [6.45, 7) is 5.81. The highest BCUT2D eigenvalue weighted by molar-refractivity contribution is 5.47. The Hall–Kier alpha value is -1.96. The molecule has 0 spiro atoms. The van der Waals surface area contributed by atoms with Crippen LogP contribution in [0, 0.1) is 0 Å². The van der Waals surface area contributed by atoms with E-state index in [1.807, 2.05) is 0 Å². The van der Waals surface area contributed by atoms with Crippen LogP contribution < -0.4 is 10.6 Å². The minimum absolute atomic E-state index is 0.289. The maximum Gasteiger partial charge on any atom is 0.230 e. The topological polar surface area (TPSA) is 91.5 Å². The molecule has 2 saturated heterocycles. The molecule has 2 aliphatic rings. The fourth-order valence-corrected chi connectivity index (χ4v) is 2.96. The van der Waals surface area contributed by atoms with Crippen LogP contribution in [-0.4, -0.2) is 70.4 Å². The van der Waals surface area contributed by atoms with E-state index in [0.717, 1.165) is 45.7 Å². The molecule has 0 radical (unpaired) electrons. The molecule has 0 aromatic carbocycles. The minimum Gasteiger partial charge on any atom is -0.368 e. The summed E-state index contributed by atoms with van der Waals surface area (Å²) in [4.78, 5) is 30.1. The number of nitrogens with zero attached hydrogens (tertiary/aromatic N) is 6. The van der Waals surface area contributed by atoms with Gasteiger partial charge in [-0.25, -0.2) is 0 Å². The molecule has 2 fully saturated rings. The second-order valence-electron chi connectivity index (χ2n) is 5.88. The molecule has 0 saturated carbocycles. The number of aromatic nitrogens is 3. The molecule has 8 nitrogen and oxygen atoms in total. The van der Waals surface area contributed by atoms with Crippen LogP contribution in [0.15, 0.2) is 0 Å². The molecule has 2 N–H and O–H groups in total. The molecular formula is C14H23N7O. The van der Waals surface area contributed by atoms with Gasteiger partial charge in [0.15, 0.2) is 0 Å². The Bertz CT molecular complexity index is 510. The standard InChI is InChI=1S/C14H23N7O/c15-13-16-12(10-19-6-8-20(11-22)9-7-19)17-14(18-13)21-4-2-1-3-5-21/h11H,1-10H2,(H2,15,16,17,18). The summed E-state index contributed by atoms with van der Waals surface area (Å²) < 4.78 is 0. The molecule has 3 rings (SSSR count). The van der Waals surface area contributed by atoms with Crippen LogP contribution in [0.3, 0.4) is 0 Å². The van der Waals surface area contributed by atoms with Crippen molar-refractivity contribution in [2.24, 2.45) is 0 Å². The highest BCUT2D eigenvalue weighted by Gasteiger charge is 2.19. The van der Waals surface area contributed by atoms with E-state index in [1.165, 1.54) is 19.3 Å². The van der Waals surface area contributed by atoms with Gasteiger partial charge in [-0.05, 0) is 19.3 Å². The normalized spacial score (nSPS) is 20.2. The second-order valence-corrected chi connectivity index (χ2v) is 5.88. The first-order chi connectivity index (χ1) is 10.7. The Labute approximate surface area is 130 Å². The molecule has 2 aliphatic heterocycles. The molecular weight excluding hydrogens is 282 g/mol. The lowest BCUT2D eigenvalue weighted by Gasteiger charge is -2.32. The first-order valence-corrected chi connectivity index (χ1v) is 7.91. The summed E-state index contributed by atoms with van der Waals surface area (Å²) in [6, 6.07) is 0. The number of carbonyl (C=O) groups excluding carboxylic acids is 1. The Kier molecular flexibility index (Phi) is 4.67. The number of nitrogens with two attached hydrogens (primary N) is 1. The molecule has 120 valence electrons. The number of piperazine rings is 1. The van der Waals surface area contributed by atoms with Gasteiger partial charge in [-0.3, -0.25) is 9.69 Å². The van der Waals surface area contributed by atoms with Gasteiger partial charge in [0.2, 0.25) is 18.3 Å². The van der Waals surface area contributed by atoms with Crippen molar-refractivity contribution < 1.29 is 4.79 Å². The zero-order chi connectivity index (χ0) is 15.4. The Morgan fingerprint density at radius 1 is 0.955 bits per heavy atom. The fourth-order valence-electron chi connectivity index (χ4n) is 2.96. The molecule has 1 aromatic rings. The van der Waals surface area contributed by atoms with E-state index in [4.69, 9.17) is 5.73 Å². The van der Waals surface area contributed by atoms with E-state index in [1.54, 1.807) is 4.90 Å². The van der Waals surface area contributed by atoms with Crippen molar-refractivity contribution in [3.63, 3.8) is 0 Å². The number of rotatable bonds is 4. The van der Waals surface area contributed by atoms with E-state index in [2.05, 4.69) is 24.8 Å². The zero-order valence-electron chi connectivity index (χ0n) is 12.8. The summed E-state index contributed by atoms with van der Waals surface area (Å²) in [7, 11) is 0. The van der Waals surface area contributed by atoms with Crippen LogP contribution in [0.4, 0.5) is 11.9 Å². The summed E-state index contributed by atoms with van der Waals surface area (Å²) in [6.07, 6.45) is 4.53. The van der Waals surface area contributed by atoms with Gasteiger partial charge in [-0.1, -0.05) is 0 Å². The number of nitrogen functional groups attached to an aromatic ring is 1. The number of carbonyl (C=O) groups is 1. The van der Waals surface area contributed by atoms with Gasteiger partial charge in [-0.2, -0.15) is 15.0 Å². The third-order valence-corrected chi connectivity index (χ3v) is 4.25. The van der Waals surface area contributed by atoms with Crippen molar-refractivity contribution in [1.29, 1.82) is 0 Å². The van der Waals surface area contributed by atoms with Crippen LogP contribution in [0.25, 0.3) is 0 Å². The number of amides is 1. The van der Waals surface area contributed by atoms with Crippen LogP contribution in [-0.2, 0) is 11.3 Å². The van der Waals surface area contributed by atoms with E-state index in [-0.39, 0.29) is 5.95 Å². The van der Waals surface area contributed by atoms with E-state index in [0.29, 0.717) is 18.3 Å². The van der Waals surface area contributed by atoms with Gasteiger partial charge in [0.05, 0.1) is 6.54 Å². The molecule has 22 heavy (non-hydrogen) atoms. The monoisotopic (exact) mass is 305 g/mol. The summed E-state index contributed by atoms with van der Waals surface area (Å²) in [5, 5.41) is 0. The van der Waals surface area contributed by atoms with E-state index >= 15 is 0 Å². The van der Waals surface area contributed by atoms with Crippen LogP contribution in [0.1, 0.15) is 25.1 Å². The third-order valence-electron chi connectivity index (χ3n) is 4.25. The first-order valence-electron chi connectivity index (χ1n) is 7.91. The Balaban J connectivity index is 1.66. The van der Waals surface area contributed by atoms with Crippen LogP contribution in [0.2, 0.25) is 0 Å². The van der Waals surface area contributed by atoms with Gasteiger partial charge < -0.3 is 15.5 Å². The van der Waals surface area contributed by atoms with Gasteiger partial charge >= 0.3 is 0 Å². The van der Waals surface area contributed by atoms with Gasteiger partial charge in [0.1, 0.15) is 5.82 Å². The van der Waals surface area contributed by atoms with Gasteiger partial charge in [0.25, 0.3) is 0 Å². The van der Waals surface area contributed by atoms with Crippen LogP contribution >= 0.6 is 0 Å². The predicted molar refractivity (Wildman–Crippen MR) is 83.2 cm³/mol. The average molecular weight is 305 g/mol. The summed E-state index contributed by atoms with van der Waals surface area (Å²) in [5.41, 5.74) is 5.85. The highest BCUT2D eigenvalue weighted by atomic mass is 16.1. The lowest BCUT2D eigenvalue weighted by Crippen LogP contribution is -2.45. The van der Waals surface area contributed by atoms with Crippen molar-refractivity contribution >= 4 is 18.3 Å². The maximum absolute atomic E-state index is 10.7. The summed E-state index contributed by atoms with van der Waals surface area (Å²) >= 11 is 0. The molecule has 0 bridgehead atoms. The molecule has 0 atom stereocenters. The van der Waals surface area contributed by atoms with Gasteiger partial charge in [0, 0.05) is 39.3 Å². The lowest BCUT2D eigenvalue weighted by atomic mass is 10.1. The van der Waals surface area contributed by atoms with Crippen molar-refractivity contribution in [3.05, 3.63) is 5.82 Å². The van der Waals surface area contributed by atoms with Crippen molar-refractivity contribution in [2.45, 2.75) is 25.8 Å². The smallest absolute Gasteiger partial charge is 0.230 e. The van der Waals surface area contributed by atoms with E-state index in [9.17, 15) is 4.79 Å². The molecule has 8 heteroatoms. The molecule has 1 amide bonds. The quantitative estimate of drug-likeness (QED) is 0.765. The van der Waals surface area contributed by atoms with Crippen molar-refractivity contribution in [3.8, 4) is 0 Å². The fraction of sp³-hybridized carbons (Fsp3) is 0.714. The molecule has 1 aromatic heterocycles. The maximum atomic E-state index is 10.7. The van der Waals surface area contributed by atoms with Gasteiger partial charge in [-0.15, -0.1) is 0 Å². The number of anilines is 2.